The van der Waals surface area contributed by atoms with E-state index in [2.05, 4.69) is 143 Å². The molecule has 6 nitrogen and oxygen atoms in total. The zero-order valence-electron chi connectivity index (χ0n) is 65.8. The van der Waals surface area contributed by atoms with Gasteiger partial charge in [0.25, 0.3) is 0 Å². The lowest BCUT2D eigenvalue weighted by Crippen LogP contribution is -2.54. The van der Waals surface area contributed by atoms with Gasteiger partial charge >= 0.3 is 12.4 Å². The Kier molecular flexibility index (Phi) is 28.0. The van der Waals surface area contributed by atoms with E-state index in [0.29, 0.717) is 11.5 Å². The van der Waals surface area contributed by atoms with Crippen LogP contribution in [0.25, 0.3) is 0 Å². The quantitative estimate of drug-likeness (QED) is 0.0772. The Balaban J connectivity index is 0.000000194. The van der Waals surface area contributed by atoms with Crippen molar-refractivity contribution in [2.75, 3.05) is 0 Å². The van der Waals surface area contributed by atoms with Crippen molar-refractivity contribution in [1.29, 1.82) is 0 Å². The third kappa shape index (κ3) is 20.5. The fourth-order valence-electron chi connectivity index (χ4n) is 13.0. The second-order valence-electron chi connectivity index (χ2n) is 29.0. The van der Waals surface area contributed by atoms with Crippen molar-refractivity contribution in [3.8, 4) is 34.5 Å². The molecule has 13 rings (SSSR count). The molecular formula is C92H106F6N2O4S. The summed E-state index contributed by atoms with van der Waals surface area (Å²) in [5.74, 6) is 8.31. The van der Waals surface area contributed by atoms with Gasteiger partial charge in [-0.3, -0.25) is 14.8 Å². The first-order chi connectivity index (χ1) is 49.1. The fourth-order valence-corrected chi connectivity index (χ4v) is 14.1. The maximum absolute atomic E-state index is 14.5. The number of rotatable bonds is 10. The zero-order chi connectivity index (χ0) is 77.9. The molecule has 0 spiro atoms. The van der Waals surface area contributed by atoms with Crippen molar-refractivity contribution in [3.63, 3.8) is 0 Å². The number of hydrogen-bond acceptors (Lipinski definition) is 7. The Labute approximate surface area is 625 Å². The van der Waals surface area contributed by atoms with Crippen LogP contribution in [0.3, 0.4) is 0 Å². The standard InChI is InChI=1S/C31H26F6O2.C17H18O.C16H18O.C12H20.C8H12N2.C8H12S/c1-19-5-11-27(17-21(19)3)38-25-13-7-23(8-14-25)29(30(32,33)34,31(35,36)37)24-9-15-26(16-10-24)39-28-12-6-20(2)22(4)18-28;1-11-5-7-15(9-13(11)3)17(18)16-8-6-12(2)14(4)10-16;1-11-5-7-15(9-13(11)3)17-16-8-6-12(2)14(4)10-16;1-7-8(2)12-6-5-11(7)9(3)10(12)4;1-5-6(2)10-8(4)7(3)9-5;1-5-6(2)8(4)9-7(5)3/h5-18H,1-4H3;5-10H,1-4H3;5-10H,1-4H3;5-12H,1-4H3;1-4H3;1-4H3. The number of ketones is 1. The predicted molar refractivity (Wildman–Crippen MR) is 422 cm³/mol. The summed E-state index contributed by atoms with van der Waals surface area (Å²) in [6.07, 6.45) is -6.45. The van der Waals surface area contributed by atoms with Crippen molar-refractivity contribution < 1.29 is 45.3 Å². The van der Waals surface area contributed by atoms with Crippen LogP contribution in [0, 0.1) is 174 Å². The van der Waals surface area contributed by atoms with Gasteiger partial charge in [-0.1, -0.05) is 113 Å². The van der Waals surface area contributed by atoms with E-state index in [0.717, 1.165) is 163 Å². The van der Waals surface area contributed by atoms with Crippen LogP contribution in [0.4, 0.5) is 26.3 Å². The molecule has 13 heteroatoms. The lowest BCUT2D eigenvalue weighted by molar-refractivity contribution is -0.288. The molecule has 4 unspecified atom stereocenters. The second-order valence-corrected chi connectivity index (χ2v) is 30.4. The number of carbonyl (C=O) groups is 1. The van der Waals surface area contributed by atoms with Gasteiger partial charge in [-0.15, -0.1) is 11.3 Å². The smallest absolute Gasteiger partial charge is 0.411 e. The maximum Gasteiger partial charge on any atom is 0.411 e. The lowest BCUT2D eigenvalue weighted by atomic mass is 9.55. The highest BCUT2D eigenvalue weighted by molar-refractivity contribution is 7.12. The van der Waals surface area contributed by atoms with Gasteiger partial charge in [0, 0.05) is 20.9 Å². The summed E-state index contributed by atoms with van der Waals surface area (Å²) in [5.41, 5.74) is 16.1. The molecule has 2 aromatic heterocycles. The highest BCUT2D eigenvalue weighted by atomic mass is 32.1. The van der Waals surface area contributed by atoms with Crippen LogP contribution in [0.1, 0.15) is 165 Å². The predicted octanol–water partition coefficient (Wildman–Crippen LogP) is 26.8. The summed E-state index contributed by atoms with van der Waals surface area (Å²) >= 11 is 1.90. The Bertz CT molecular complexity index is 4350. The van der Waals surface area contributed by atoms with E-state index >= 15 is 0 Å². The molecule has 8 aromatic carbocycles. The topological polar surface area (TPSA) is 70.5 Å². The van der Waals surface area contributed by atoms with E-state index in [4.69, 9.17) is 14.2 Å². The monoisotopic (exact) mass is 1450 g/mol. The Morgan fingerprint density at radius 2 is 0.543 bits per heavy atom. The number of fused-ring (bicyclic) bond motifs is 2. The lowest BCUT2D eigenvalue weighted by Gasteiger charge is -2.50. The molecule has 10 aromatic rings. The third-order valence-corrected chi connectivity index (χ3v) is 23.1. The number of ether oxygens (including phenoxy) is 3. The summed E-state index contributed by atoms with van der Waals surface area (Å²) in [7, 11) is 0. The Morgan fingerprint density at radius 1 is 0.314 bits per heavy atom. The third-order valence-electron chi connectivity index (χ3n) is 21.9. The molecule has 0 saturated heterocycles. The minimum absolute atomic E-state index is 0.0983. The first-order valence-electron chi connectivity index (χ1n) is 36.0. The number of halogens is 6. The number of aryl methyl sites for hydroxylation is 18. The summed E-state index contributed by atoms with van der Waals surface area (Å²) in [6.45, 7) is 50.5. The van der Waals surface area contributed by atoms with Crippen LogP contribution in [0.15, 0.2) is 170 Å². The summed E-state index contributed by atoms with van der Waals surface area (Å²) in [5, 5.41) is 0. The molecule has 4 atom stereocenters. The number of benzene rings is 8. The zero-order valence-corrected chi connectivity index (χ0v) is 66.6. The van der Waals surface area contributed by atoms with Gasteiger partial charge in [0.15, 0.2) is 5.78 Å². The molecule has 0 radical (unpaired) electrons. The van der Waals surface area contributed by atoms with Crippen molar-refractivity contribution in [3.05, 3.63) is 303 Å². The average Bonchev–Trinajstić information content (AvgIpc) is 0.989. The van der Waals surface area contributed by atoms with Crippen LogP contribution in [0.5, 0.6) is 34.5 Å². The summed E-state index contributed by atoms with van der Waals surface area (Å²) in [6, 6.07) is 42.2. The molecule has 0 N–H and O–H groups in total. The number of nitrogens with zero attached hydrogens (tertiary/aromatic N) is 2. The minimum atomic E-state index is -5.70. The van der Waals surface area contributed by atoms with Crippen LogP contribution < -0.4 is 14.2 Å². The van der Waals surface area contributed by atoms with Gasteiger partial charge in [-0.25, -0.2) is 0 Å². The van der Waals surface area contributed by atoms with Crippen LogP contribution >= 0.6 is 11.3 Å². The normalized spacial score (nSPS) is 16.5. The van der Waals surface area contributed by atoms with Crippen molar-refractivity contribution >= 4 is 17.1 Å². The molecule has 2 heterocycles. The van der Waals surface area contributed by atoms with Gasteiger partial charge in [0.1, 0.15) is 34.5 Å². The molecule has 556 valence electrons. The SMILES string of the molecule is CC1C(C)C2C=CC1C(C)C2C.Cc1ccc(C(=O)c2ccc(C)c(C)c2)cc1C.Cc1ccc(Oc2ccc(C(c3ccc(Oc4ccc(C)c(C)c4)cc3)(C(F)(F)F)C(F)(F)F)cc2)cc1C.Cc1ccc(Oc2ccc(C)c(C)c2)cc1C.Cc1nc(C)c(C)nc1C.Cc1sc(C)c(C)c1C. The highest BCUT2D eigenvalue weighted by Crippen LogP contribution is 2.57. The molecule has 105 heavy (non-hydrogen) atoms. The van der Waals surface area contributed by atoms with E-state index < -0.39 is 28.9 Å². The number of carbonyl (C=O) groups excluding carboxylic acids is 1. The number of alkyl halides is 6. The second kappa shape index (κ2) is 35.3. The molecule has 1 fully saturated rings. The molecule has 3 aliphatic rings. The number of allylic oxidation sites excluding steroid dienone is 2. The van der Waals surface area contributed by atoms with Crippen molar-refractivity contribution in [1.82, 2.24) is 9.97 Å². The molecule has 0 aliphatic heterocycles. The number of hydrogen-bond donors (Lipinski definition) is 0. The van der Waals surface area contributed by atoms with Gasteiger partial charge < -0.3 is 14.2 Å². The van der Waals surface area contributed by atoms with Gasteiger partial charge in [-0.2, -0.15) is 26.3 Å². The van der Waals surface area contributed by atoms with E-state index in [9.17, 15) is 31.1 Å². The first kappa shape index (κ1) is 83.2. The fraction of sp³-hybridized carbons (Fsp3) is 0.359. The molecule has 1 saturated carbocycles. The molecular weight excluding hydrogens is 1340 g/mol. The number of thiophene rings is 1. The van der Waals surface area contributed by atoms with Gasteiger partial charge in [-0.05, 0) is 348 Å². The first-order valence-corrected chi connectivity index (χ1v) is 36.8. The van der Waals surface area contributed by atoms with Crippen LogP contribution in [-0.2, 0) is 5.41 Å². The summed E-state index contributed by atoms with van der Waals surface area (Å²) in [4.78, 5) is 23.9. The van der Waals surface area contributed by atoms with Crippen LogP contribution in [-0.4, -0.2) is 28.1 Å². The number of aromatic nitrogens is 2. The van der Waals surface area contributed by atoms with Crippen LogP contribution in [0.2, 0.25) is 0 Å². The molecule has 2 bridgehead atoms. The van der Waals surface area contributed by atoms with E-state index in [1.807, 2.05) is 141 Å². The van der Waals surface area contributed by atoms with Crippen molar-refractivity contribution in [2.45, 2.75) is 184 Å². The van der Waals surface area contributed by atoms with E-state index in [1.54, 1.807) is 24.3 Å². The Hall–Kier alpha value is -9.07. The van der Waals surface area contributed by atoms with E-state index in [1.165, 1.54) is 54.3 Å². The summed E-state index contributed by atoms with van der Waals surface area (Å²) < 4.78 is 104. The minimum Gasteiger partial charge on any atom is -0.457 e. The average molecular weight is 1450 g/mol. The molecule has 3 aliphatic carbocycles. The molecule has 0 amide bonds. The van der Waals surface area contributed by atoms with E-state index in [-0.39, 0.29) is 17.3 Å². The highest BCUT2D eigenvalue weighted by Gasteiger charge is 2.72. The van der Waals surface area contributed by atoms with Gasteiger partial charge in [0.2, 0.25) is 5.41 Å². The Morgan fingerprint density at radius 3 is 0.762 bits per heavy atom. The maximum atomic E-state index is 14.5. The van der Waals surface area contributed by atoms with Crippen molar-refractivity contribution in [2.24, 2.45) is 35.5 Å². The largest absolute Gasteiger partial charge is 0.457 e. The van der Waals surface area contributed by atoms with Gasteiger partial charge in [0.05, 0.1) is 22.8 Å².